The Bertz CT molecular complexity index is 4740. The zero-order valence-corrected chi connectivity index (χ0v) is 41.6. The lowest BCUT2D eigenvalue weighted by molar-refractivity contribution is 0.769. The van der Waals surface area contributed by atoms with Gasteiger partial charge in [0, 0.05) is 16.5 Å². The molecule has 0 amide bonds. The van der Waals surface area contributed by atoms with Gasteiger partial charge in [-0.25, -0.2) is 0 Å². The SMILES string of the molecule is c1ccc(-c2c3ccccc3c(-c3ccc(-n4c5ccc6ccccc6c5c5c6cc7cccc(-c8ccc9c(c8)C(c8ccccc8)(c8ccccc8)c8ccccc8-9)c7cc6ccc54)cc3)c3ccccc23)cc1. The number of fused-ring (bicyclic) bond motifs is 13. The minimum atomic E-state index is -0.471. The van der Waals surface area contributed by atoms with Crippen LogP contribution in [0, 0.1) is 0 Å². The van der Waals surface area contributed by atoms with Crippen molar-refractivity contribution in [3.05, 3.63) is 307 Å². The maximum Gasteiger partial charge on any atom is 0.0713 e. The molecule has 0 spiro atoms. The molecule has 0 fully saturated rings. The molecule has 352 valence electrons. The van der Waals surface area contributed by atoms with Gasteiger partial charge in [-0.05, 0) is 163 Å². The predicted molar refractivity (Wildman–Crippen MR) is 322 cm³/mol. The van der Waals surface area contributed by atoms with Gasteiger partial charge in [0.05, 0.1) is 16.4 Å². The average molecular weight is 962 g/mol. The highest BCUT2D eigenvalue weighted by atomic mass is 15.0. The van der Waals surface area contributed by atoms with Crippen LogP contribution in [0.4, 0.5) is 0 Å². The molecule has 0 atom stereocenters. The zero-order valence-electron chi connectivity index (χ0n) is 41.6. The van der Waals surface area contributed by atoms with E-state index in [0.29, 0.717) is 0 Å². The summed E-state index contributed by atoms with van der Waals surface area (Å²) in [5, 5.41) is 15.1. The number of hydrogen-bond acceptors (Lipinski definition) is 0. The third-order valence-corrected chi connectivity index (χ3v) is 16.8. The summed E-state index contributed by atoms with van der Waals surface area (Å²) >= 11 is 0. The fraction of sp³-hybridized carbons (Fsp3) is 0.0133. The van der Waals surface area contributed by atoms with E-state index in [4.69, 9.17) is 0 Å². The van der Waals surface area contributed by atoms with Crippen molar-refractivity contribution in [3.8, 4) is 50.2 Å². The van der Waals surface area contributed by atoms with E-state index >= 15 is 0 Å². The van der Waals surface area contributed by atoms with Gasteiger partial charge in [-0.15, -0.1) is 0 Å². The maximum atomic E-state index is 2.49. The van der Waals surface area contributed by atoms with Gasteiger partial charge in [-0.3, -0.25) is 0 Å². The molecule has 0 bridgehead atoms. The number of aromatic nitrogens is 1. The molecule has 1 aliphatic carbocycles. The van der Waals surface area contributed by atoms with E-state index in [0.717, 1.165) is 5.69 Å². The maximum absolute atomic E-state index is 2.49. The van der Waals surface area contributed by atoms with E-state index in [1.54, 1.807) is 0 Å². The van der Waals surface area contributed by atoms with Crippen LogP contribution in [-0.4, -0.2) is 4.57 Å². The second-order valence-electron chi connectivity index (χ2n) is 20.6. The lowest BCUT2D eigenvalue weighted by Gasteiger charge is -2.34. The highest BCUT2D eigenvalue weighted by Gasteiger charge is 2.46. The topological polar surface area (TPSA) is 4.93 Å². The Morgan fingerprint density at radius 2 is 0.711 bits per heavy atom. The van der Waals surface area contributed by atoms with E-state index in [2.05, 4.69) is 290 Å². The Morgan fingerprint density at radius 1 is 0.250 bits per heavy atom. The Labute approximate surface area is 440 Å². The van der Waals surface area contributed by atoms with Crippen molar-refractivity contribution < 1.29 is 0 Å². The summed E-state index contributed by atoms with van der Waals surface area (Å²) in [5.74, 6) is 0. The number of hydrogen-bond donors (Lipinski definition) is 0. The van der Waals surface area contributed by atoms with Crippen LogP contribution in [0.15, 0.2) is 285 Å². The molecule has 0 aliphatic heterocycles. The van der Waals surface area contributed by atoms with Crippen molar-refractivity contribution in [2.75, 3.05) is 0 Å². The third-order valence-electron chi connectivity index (χ3n) is 16.8. The highest BCUT2D eigenvalue weighted by molar-refractivity contribution is 6.30. The van der Waals surface area contributed by atoms with Gasteiger partial charge in [-0.2, -0.15) is 0 Å². The third kappa shape index (κ3) is 6.09. The second kappa shape index (κ2) is 16.6. The summed E-state index contributed by atoms with van der Waals surface area (Å²) in [6.07, 6.45) is 0. The lowest BCUT2D eigenvalue weighted by Crippen LogP contribution is -2.28. The van der Waals surface area contributed by atoms with E-state index in [1.165, 1.54) is 142 Å². The Morgan fingerprint density at radius 3 is 1.37 bits per heavy atom. The molecule has 1 aromatic heterocycles. The second-order valence-corrected chi connectivity index (χ2v) is 20.6. The summed E-state index contributed by atoms with van der Waals surface area (Å²) in [6.45, 7) is 0. The van der Waals surface area contributed by atoms with Crippen LogP contribution in [0.5, 0.6) is 0 Å². The van der Waals surface area contributed by atoms with Gasteiger partial charge >= 0.3 is 0 Å². The first kappa shape index (κ1) is 42.7. The molecular formula is C75H47N. The first-order valence-corrected chi connectivity index (χ1v) is 26.5. The van der Waals surface area contributed by atoms with Crippen LogP contribution in [0.1, 0.15) is 22.3 Å². The minimum Gasteiger partial charge on any atom is -0.309 e. The fourth-order valence-corrected chi connectivity index (χ4v) is 13.6. The summed E-state index contributed by atoms with van der Waals surface area (Å²) in [7, 11) is 0. The van der Waals surface area contributed by atoms with Crippen molar-refractivity contribution in [1.82, 2.24) is 4.57 Å². The molecule has 1 heteroatoms. The molecule has 1 heterocycles. The van der Waals surface area contributed by atoms with Crippen molar-refractivity contribution >= 4 is 75.7 Å². The Balaban J connectivity index is 0.882. The average Bonchev–Trinajstić information content (AvgIpc) is 4.17. The molecule has 0 radical (unpaired) electrons. The summed E-state index contributed by atoms with van der Waals surface area (Å²) in [4.78, 5) is 0. The standard InChI is InChI=1S/C75H47N/c1-4-20-49(21-5-1)71-61-29-12-14-31-63(61)72(64-32-15-13-30-62(64)71)50-35-40-56(41-36-50)76-69-43-38-48-19-10-11-27-58(48)73(69)74-66-46-51-22-18-33-57(65(51)45-52(66)39-44-70(74)76)53-37-42-60-59-28-16-17-34-67(59)75(68(60)47-53,54-23-6-2-7-24-54)55-25-8-3-9-26-55/h1-47H. The van der Waals surface area contributed by atoms with Crippen LogP contribution in [0.2, 0.25) is 0 Å². The fourth-order valence-electron chi connectivity index (χ4n) is 13.6. The molecule has 15 aromatic rings. The van der Waals surface area contributed by atoms with Crippen molar-refractivity contribution in [2.45, 2.75) is 5.41 Å². The number of benzene rings is 14. The van der Waals surface area contributed by atoms with Crippen LogP contribution >= 0.6 is 0 Å². The summed E-state index contributed by atoms with van der Waals surface area (Å²) in [6, 6.07) is 106. The van der Waals surface area contributed by atoms with Crippen LogP contribution < -0.4 is 0 Å². The molecule has 14 aromatic carbocycles. The van der Waals surface area contributed by atoms with Gasteiger partial charge < -0.3 is 4.57 Å². The van der Waals surface area contributed by atoms with E-state index < -0.39 is 5.41 Å². The summed E-state index contributed by atoms with van der Waals surface area (Å²) < 4.78 is 2.49. The number of rotatable bonds is 6. The number of nitrogens with zero attached hydrogens (tertiary/aromatic N) is 1. The van der Waals surface area contributed by atoms with E-state index in [9.17, 15) is 0 Å². The van der Waals surface area contributed by atoms with E-state index in [-0.39, 0.29) is 0 Å². The van der Waals surface area contributed by atoms with Crippen molar-refractivity contribution in [3.63, 3.8) is 0 Å². The first-order chi connectivity index (χ1) is 37.7. The molecule has 76 heavy (non-hydrogen) atoms. The highest BCUT2D eigenvalue weighted by Crippen LogP contribution is 2.57. The monoisotopic (exact) mass is 961 g/mol. The molecule has 0 unspecified atom stereocenters. The molecule has 0 N–H and O–H groups in total. The van der Waals surface area contributed by atoms with Gasteiger partial charge in [-0.1, -0.05) is 243 Å². The van der Waals surface area contributed by atoms with Gasteiger partial charge in [0.1, 0.15) is 0 Å². The van der Waals surface area contributed by atoms with Crippen LogP contribution in [0.3, 0.4) is 0 Å². The van der Waals surface area contributed by atoms with E-state index in [1.807, 2.05) is 0 Å². The minimum absolute atomic E-state index is 0.471. The lowest BCUT2D eigenvalue weighted by atomic mass is 9.67. The van der Waals surface area contributed by atoms with Crippen LogP contribution in [0.25, 0.3) is 126 Å². The van der Waals surface area contributed by atoms with Crippen molar-refractivity contribution in [1.29, 1.82) is 0 Å². The Kier molecular flexibility index (Phi) is 9.32. The summed E-state index contributed by atoms with van der Waals surface area (Å²) in [5.41, 5.74) is 18.3. The molecular weight excluding hydrogens is 915 g/mol. The molecule has 16 rings (SSSR count). The normalized spacial score (nSPS) is 12.8. The first-order valence-electron chi connectivity index (χ1n) is 26.5. The van der Waals surface area contributed by atoms with Gasteiger partial charge in [0.25, 0.3) is 0 Å². The van der Waals surface area contributed by atoms with Gasteiger partial charge in [0.2, 0.25) is 0 Å². The molecule has 0 saturated carbocycles. The predicted octanol–water partition coefficient (Wildman–Crippen LogP) is 19.9. The van der Waals surface area contributed by atoms with Gasteiger partial charge in [0.15, 0.2) is 0 Å². The Hall–Kier alpha value is -9.82. The van der Waals surface area contributed by atoms with Crippen LogP contribution in [-0.2, 0) is 5.41 Å². The largest absolute Gasteiger partial charge is 0.309 e. The van der Waals surface area contributed by atoms with Crippen molar-refractivity contribution in [2.24, 2.45) is 0 Å². The molecule has 0 saturated heterocycles. The quantitative estimate of drug-likeness (QED) is 0.146. The zero-order chi connectivity index (χ0) is 49.9. The molecule has 1 aliphatic rings. The molecule has 1 nitrogen and oxygen atoms in total. The smallest absolute Gasteiger partial charge is 0.0713 e.